The lowest BCUT2D eigenvalue weighted by molar-refractivity contribution is 1.30. The molecule has 122 valence electrons. The molecule has 1 aliphatic rings. The molecule has 0 bridgehead atoms. The molecule has 25 heavy (non-hydrogen) atoms. The van der Waals surface area contributed by atoms with E-state index in [-0.39, 0.29) is 0 Å². The van der Waals surface area contributed by atoms with Gasteiger partial charge in [-0.05, 0) is 29.3 Å². The summed E-state index contributed by atoms with van der Waals surface area (Å²) in [6.07, 6.45) is 6.00. The van der Waals surface area contributed by atoms with Crippen molar-refractivity contribution in [3.63, 3.8) is 0 Å². The van der Waals surface area contributed by atoms with Gasteiger partial charge in [-0.3, -0.25) is 9.98 Å². The van der Waals surface area contributed by atoms with Crippen molar-refractivity contribution in [1.29, 1.82) is 0 Å². The predicted molar refractivity (Wildman–Crippen MR) is 102 cm³/mol. The van der Waals surface area contributed by atoms with Gasteiger partial charge in [0.2, 0.25) is 0 Å². The second-order valence-corrected chi connectivity index (χ2v) is 6.16. The summed E-state index contributed by atoms with van der Waals surface area (Å²) in [5.41, 5.74) is 11.8. The first kappa shape index (κ1) is 15.5. The number of allylic oxidation sites excluding steroid dienone is 1. The molecule has 4 rings (SSSR count). The standard InChI is InChI=1S/C20H15ClN4/c21-17-10-15(12-24-20(17)22)16-11-18(13-4-2-1-3-5-13)25-19(16)14-6-8-23-9-7-14/h1-10,12H,11H2,(H2,22,24). The van der Waals surface area contributed by atoms with E-state index in [1.807, 2.05) is 36.4 Å². The van der Waals surface area contributed by atoms with Crippen LogP contribution >= 0.6 is 11.6 Å². The zero-order chi connectivity index (χ0) is 17.2. The van der Waals surface area contributed by atoms with Gasteiger partial charge in [0.15, 0.2) is 0 Å². The van der Waals surface area contributed by atoms with Gasteiger partial charge in [-0.25, -0.2) is 4.98 Å². The topological polar surface area (TPSA) is 64.2 Å². The molecule has 0 radical (unpaired) electrons. The summed E-state index contributed by atoms with van der Waals surface area (Å²) in [6, 6.07) is 15.9. The predicted octanol–water partition coefficient (Wildman–Crippen LogP) is 4.47. The van der Waals surface area contributed by atoms with Gasteiger partial charge in [0.1, 0.15) is 5.82 Å². The van der Waals surface area contributed by atoms with Crippen molar-refractivity contribution >= 4 is 34.4 Å². The van der Waals surface area contributed by atoms with Gasteiger partial charge in [-0.1, -0.05) is 41.9 Å². The molecular weight excluding hydrogens is 332 g/mol. The number of aliphatic imine (C=N–C) groups is 1. The SMILES string of the molecule is Nc1ncc(C2=C(c3ccncc3)N=C(c3ccccc3)C2)cc1Cl. The Balaban J connectivity index is 1.83. The number of pyridine rings is 2. The van der Waals surface area contributed by atoms with Crippen molar-refractivity contribution in [2.45, 2.75) is 6.42 Å². The molecule has 0 spiro atoms. The lowest BCUT2D eigenvalue weighted by atomic mass is 9.97. The summed E-state index contributed by atoms with van der Waals surface area (Å²) in [7, 11) is 0. The first-order valence-electron chi connectivity index (χ1n) is 7.90. The Labute approximate surface area is 150 Å². The van der Waals surface area contributed by atoms with E-state index in [0.717, 1.165) is 33.7 Å². The van der Waals surface area contributed by atoms with E-state index in [1.54, 1.807) is 18.6 Å². The fourth-order valence-corrected chi connectivity index (χ4v) is 3.06. The Bertz CT molecular complexity index is 979. The van der Waals surface area contributed by atoms with Gasteiger partial charge in [-0.2, -0.15) is 0 Å². The van der Waals surface area contributed by atoms with Crippen LogP contribution in [0.1, 0.15) is 23.1 Å². The van der Waals surface area contributed by atoms with Crippen LogP contribution in [0.4, 0.5) is 5.82 Å². The third-order valence-electron chi connectivity index (χ3n) is 4.16. The summed E-state index contributed by atoms with van der Waals surface area (Å²) in [5, 5.41) is 0.451. The average molecular weight is 347 g/mol. The van der Waals surface area contributed by atoms with Crippen LogP contribution in [0.2, 0.25) is 5.02 Å². The molecule has 3 aromatic rings. The number of benzene rings is 1. The second kappa shape index (κ2) is 6.49. The molecule has 2 aromatic heterocycles. The highest BCUT2D eigenvalue weighted by Crippen LogP contribution is 2.37. The lowest BCUT2D eigenvalue weighted by Crippen LogP contribution is -1.98. The van der Waals surface area contributed by atoms with Crippen LogP contribution in [0, 0.1) is 0 Å². The van der Waals surface area contributed by atoms with Crippen LogP contribution in [0.15, 0.2) is 72.1 Å². The summed E-state index contributed by atoms with van der Waals surface area (Å²) < 4.78 is 0. The number of nitrogens with zero attached hydrogens (tertiary/aromatic N) is 3. The largest absolute Gasteiger partial charge is 0.382 e. The van der Waals surface area contributed by atoms with Crippen LogP contribution in [-0.2, 0) is 0 Å². The van der Waals surface area contributed by atoms with Gasteiger partial charge in [-0.15, -0.1) is 0 Å². The number of halogens is 1. The fraction of sp³-hybridized carbons (Fsp3) is 0.0500. The highest BCUT2D eigenvalue weighted by Gasteiger charge is 2.22. The molecule has 4 nitrogen and oxygen atoms in total. The summed E-state index contributed by atoms with van der Waals surface area (Å²) >= 11 is 6.18. The van der Waals surface area contributed by atoms with Crippen LogP contribution in [0.5, 0.6) is 0 Å². The smallest absolute Gasteiger partial charge is 0.142 e. The Morgan fingerprint density at radius 2 is 1.68 bits per heavy atom. The third-order valence-corrected chi connectivity index (χ3v) is 4.46. The minimum atomic E-state index is 0.332. The van der Waals surface area contributed by atoms with Crippen LogP contribution in [0.3, 0.4) is 0 Å². The van der Waals surface area contributed by atoms with Crippen LogP contribution in [-0.4, -0.2) is 15.7 Å². The number of rotatable bonds is 3. The molecule has 0 saturated carbocycles. The molecule has 0 aliphatic carbocycles. The van der Waals surface area contributed by atoms with Crippen molar-refractivity contribution in [2.75, 3.05) is 5.73 Å². The summed E-state index contributed by atoms with van der Waals surface area (Å²) in [5.74, 6) is 0.332. The van der Waals surface area contributed by atoms with E-state index in [2.05, 4.69) is 22.1 Å². The van der Waals surface area contributed by atoms with Crippen molar-refractivity contribution in [2.24, 2.45) is 4.99 Å². The zero-order valence-corrected chi connectivity index (χ0v) is 14.1. The number of nitrogens with two attached hydrogens (primary N) is 1. The molecule has 2 N–H and O–H groups in total. The summed E-state index contributed by atoms with van der Waals surface area (Å²) in [4.78, 5) is 13.2. The van der Waals surface area contributed by atoms with E-state index in [4.69, 9.17) is 22.3 Å². The third kappa shape index (κ3) is 3.04. The number of aromatic nitrogens is 2. The minimum absolute atomic E-state index is 0.332. The maximum Gasteiger partial charge on any atom is 0.142 e. The van der Waals surface area contributed by atoms with E-state index in [9.17, 15) is 0 Å². The molecule has 0 amide bonds. The maximum atomic E-state index is 6.18. The zero-order valence-electron chi connectivity index (χ0n) is 13.4. The van der Waals surface area contributed by atoms with Crippen LogP contribution in [0.25, 0.3) is 11.3 Å². The molecule has 5 heteroatoms. The molecule has 1 aromatic carbocycles. The van der Waals surface area contributed by atoms with Gasteiger partial charge in [0.05, 0.1) is 16.4 Å². The Morgan fingerprint density at radius 1 is 0.920 bits per heavy atom. The van der Waals surface area contributed by atoms with E-state index in [0.29, 0.717) is 17.3 Å². The van der Waals surface area contributed by atoms with Gasteiger partial charge < -0.3 is 5.73 Å². The minimum Gasteiger partial charge on any atom is -0.382 e. The molecule has 3 heterocycles. The van der Waals surface area contributed by atoms with Gasteiger partial charge in [0.25, 0.3) is 0 Å². The molecule has 1 aliphatic heterocycles. The second-order valence-electron chi connectivity index (χ2n) is 5.76. The van der Waals surface area contributed by atoms with Gasteiger partial charge in [0, 0.05) is 36.1 Å². The van der Waals surface area contributed by atoms with Crippen molar-refractivity contribution in [1.82, 2.24) is 9.97 Å². The Hall–Kier alpha value is -2.98. The normalized spacial score (nSPS) is 13.9. The van der Waals surface area contributed by atoms with E-state index in [1.165, 1.54) is 0 Å². The Morgan fingerprint density at radius 3 is 2.40 bits per heavy atom. The van der Waals surface area contributed by atoms with E-state index >= 15 is 0 Å². The first-order chi connectivity index (χ1) is 12.2. The molecular formula is C20H15ClN4. The first-order valence-corrected chi connectivity index (χ1v) is 8.28. The number of anilines is 1. The monoisotopic (exact) mass is 346 g/mol. The number of hydrogen-bond donors (Lipinski definition) is 1. The fourth-order valence-electron chi connectivity index (χ4n) is 2.89. The van der Waals surface area contributed by atoms with Crippen molar-refractivity contribution in [3.05, 3.63) is 88.8 Å². The molecule has 0 saturated heterocycles. The highest BCUT2D eigenvalue weighted by molar-refractivity contribution is 6.33. The van der Waals surface area contributed by atoms with Gasteiger partial charge >= 0.3 is 0 Å². The molecule has 0 fully saturated rings. The van der Waals surface area contributed by atoms with Crippen molar-refractivity contribution in [3.8, 4) is 0 Å². The Kier molecular flexibility index (Phi) is 4.04. The number of nitrogen functional groups attached to an aromatic ring is 1. The highest BCUT2D eigenvalue weighted by atomic mass is 35.5. The average Bonchev–Trinajstić information content (AvgIpc) is 3.11. The number of hydrogen-bond acceptors (Lipinski definition) is 4. The molecule has 0 unspecified atom stereocenters. The quantitative estimate of drug-likeness (QED) is 0.760. The summed E-state index contributed by atoms with van der Waals surface area (Å²) in [6.45, 7) is 0. The maximum absolute atomic E-state index is 6.18. The van der Waals surface area contributed by atoms with Crippen LogP contribution < -0.4 is 5.73 Å². The van der Waals surface area contributed by atoms with E-state index < -0.39 is 0 Å². The molecule has 0 atom stereocenters. The van der Waals surface area contributed by atoms with Crippen molar-refractivity contribution < 1.29 is 0 Å². The lowest BCUT2D eigenvalue weighted by Gasteiger charge is -2.08.